The van der Waals surface area contributed by atoms with Crippen LogP contribution in [0.15, 0.2) is 24.3 Å². The van der Waals surface area contributed by atoms with Crippen molar-refractivity contribution >= 4 is 0 Å². The lowest BCUT2D eigenvalue weighted by atomic mass is 10.0. The molecule has 1 aromatic carbocycles. The molecular weight excluding hydrogens is 215 g/mol. The van der Waals surface area contributed by atoms with Gasteiger partial charge in [-0.25, -0.2) is 4.39 Å². The standard InChI is InChI=1S/C14H21FN2/c1-10-9-17(11(2)8-16-10)12(3)13-6-4-5-7-14(13)15/h4-7,10-12,16H,8-9H2,1-3H3. The van der Waals surface area contributed by atoms with Gasteiger partial charge >= 0.3 is 0 Å². The molecule has 3 heteroatoms. The van der Waals surface area contributed by atoms with E-state index >= 15 is 0 Å². The van der Waals surface area contributed by atoms with Crippen LogP contribution in [0.1, 0.15) is 32.4 Å². The minimum Gasteiger partial charge on any atom is -0.311 e. The molecule has 0 aromatic heterocycles. The molecule has 1 saturated heterocycles. The van der Waals surface area contributed by atoms with Gasteiger partial charge < -0.3 is 5.32 Å². The number of nitrogens with zero attached hydrogens (tertiary/aromatic N) is 1. The highest BCUT2D eigenvalue weighted by atomic mass is 19.1. The predicted molar refractivity (Wildman–Crippen MR) is 68.4 cm³/mol. The largest absolute Gasteiger partial charge is 0.311 e. The SMILES string of the molecule is CC1CN(C(C)c2ccccc2F)C(C)CN1. The molecule has 1 N–H and O–H groups in total. The number of hydrogen-bond acceptors (Lipinski definition) is 2. The van der Waals surface area contributed by atoms with E-state index in [1.54, 1.807) is 12.1 Å². The molecule has 0 aliphatic carbocycles. The Morgan fingerprint density at radius 3 is 2.76 bits per heavy atom. The summed E-state index contributed by atoms with van der Waals surface area (Å²) in [6, 6.07) is 8.14. The third kappa shape index (κ3) is 2.67. The minimum absolute atomic E-state index is 0.0987. The van der Waals surface area contributed by atoms with E-state index in [9.17, 15) is 4.39 Å². The van der Waals surface area contributed by atoms with Gasteiger partial charge in [0.2, 0.25) is 0 Å². The maximum atomic E-state index is 13.8. The van der Waals surface area contributed by atoms with Crippen LogP contribution in [-0.2, 0) is 0 Å². The van der Waals surface area contributed by atoms with Crippen LogP contribution in [0.4, 0.5) is 4.39 Å². The molecule has 1 aromatic rings. The van der Waals surface area contributed by atoms with Crippen molar-refractivity contribution in [2.24, 2.45) is 0 Å². The monoisotopic (exact) mass is 236 g/mol. The second-order valence-electron chi connectivity index (χ2n) is 5.05. The lowest BCUT2D eigenvalue weighted by Gasteiger charge is -2.41. The van der Waals surface area contributed by atoms with E-state index < -0.39 is 0 Å². The van der Waals surface area contributed by atoms with Crippen LogP contribution in [-0.4, -0.2) is 30.1 Å². The average molecular weight is 236 g/mol. The highest BCUT2D eigenvalue weighted by molar-refractivity contribution is 5.21. The first-order chi connectivity index (χ1) is 8.09. The summed E-state index contributed by atoms with van der Waals surface area (Å²) in [5.41, 5.74) is 0.799. The fourth-order valence-electron chi connectivity index (χ4n) is 2.58. The molecule has 3 unspecified atom stereocenters. The van der Waals surface area contributed by atoms with Crippen molar-refractivity contribution < 1.29 is 4.39 Å². The van der Waals surface area contributed by atoms with E-state index in [1.165, 1.54) is 0 Å². The number of nitrogens with one attached hydrogen (secondary N) is 1. The first-order valence-electron chi connectivity index (χ1n) is 6.33. The van der Waals surface area contributed by atoms with Crippen LogP contribution in [0.25, 0.3) is 0 Å². The fraction of sp³-hybridized carbons (Fsp3) is 0.571. The van der Waals surface area contributed by atoms with E-state index in [0.29, 0.717) is 12.1 Å². The molecule has 0 saturated carbocycles. The van der Waals surface area contributed by atoms with Gasteiger partial charge in [-0.15, -0.1) is 0 Å². The number of benzene rings is 1. The molecule has 17 heavy (non-hydrogen) atoms. The highest BCUT2D eigenvalue weighted by Crippen LogP contribution is 2.26. The van der Waals surface area contributed by atoms with Crippen molar-refractivity contribution in [1.82, 2.24) is 10.2 Å². The quantitative estimate of drug-likeness (QED) is 0.849. The molecule has 0 bridgehead atoms. The molecule has 0 spiro atoms. The van der Waals surface area contributed by atoms with Gasteiger partial charge in [0.25, 0.3) is 0 Å². The summed E-state index contributed by atoms with van der Waals surface area (Å²) in [5, 5.41) is 3.45. The van der Waals surface area contributed by atoms with Crippen LogP contribution >= 0.6 is 0 Å². The van der Waals surface area contributed by atoms with Gasteiger partial charge in [-0.1, -0.05) is 18.2 Å². The third-order valence-corrected chi connectivity index (χ3v) is 3.67. The Balaban J connectivity index is 2.18. The molecule has 1 aliphatic heterocycles. The molecule has 2 rings (SSSR count). The summed E-state index contributed by atoms with van der Waals surface area (Å²) in [4.78, 5) is 2.37. The van der Waals surface area contributed by atoms with Gasteiger partial charge in [0.1, 0.15) is 5.82 Å². The molecule has 1 aliphatic rings. The smallest absolute Gasteiger partial charge is 0.127 e. The lowest BCUT2D eigenvalue weighted by molar-refractivity contribution is 0.102. The van der Waals surface area contributed by atoms with Crippen LogP contribution in [0.2, 0.25) is 0 Å². The minimum atomic E-state index is -0.0987. The summed E-state index contributed by atoms with van der Waals surface area (Å²) in [5.74, 6) is -0.0987. The fourth-order valence-corrected chi connectivity index (χ4v) is 2.58. The maximum absolute atomic E-state index is 13.8. The van der Waals surface area contributed by atoms with Crippen molar-refractivity contribution in [3.63, 3.8) is 0 Å². The molecule has 0 amide bonds. The summed E-state index contributed by atoms with van der Waals surface area (Å²) >= 11 is 0. The molecule has 94 valence electrons. The predicted octanol–water partition coefficient (Wildman–Crippen LogP) is 2.57. The molecule has 3 atom stereocenters. The van der Waals surface area contributed by atoms with Crippen LogP contribution < -0.4 is 5.32 Å². The van der Waals surface area contributed by atoms with Crippen LogP contribution in [0.3, 0.4) is 0 Å². The second-order valence-corrected chi connectivity index (χ2v) is 5.05. The summed E-state index contributed by atoms with van der Waals surface area (Å²) in [6.45, 7) is 8.40. The molecule has 1 heterocycles. The first-order valence-corrected chi connectivity index (χ1v) is 6.33. The Morgan fingerprint density at radius 2 is 2.06 bits per heavy atom. The van der Waals surface area contributed by atoms with E-state index in [0.717, 1.165) is 18.7 Å². The van der Waals surface area contributed by atoms with Gasteiger partial charge in [0.15, 0.2) is 0 Å². The van der Waals surface area contributed by atoms with Gasteiger partial charge in [0.05, 0.1) is 0 Å². The van der Waals surface area contributed by atoms with Gasteiger partial charge in [0, 0.05) is 36.8 Å². The Morgan fingerprint density at radius 1 is 1.35 bits per heavy atom. The summed E-state index contributed by atoms with van der Waals surface area (Å²) in [6.07, 6.45) is 0. The van der Waals surface area contributed by atoms with Crippen LogP contribution in [0, 0.1) is 5.82 Å². The van der Waals surface area contributed by atoms with E-state index in [2.05, 4.69) is 31.0 Å². The number of piperazine rings is 1. The lowest BCUT2D eigenvalue weighted by Crippen LogP contribution is -2.54. The number of hydrogen-bond donors (Lipinski definition) is 1. The Hall–Kier alpha value is -0.930. The zero-order valence-corrected chi connectivity index (χ0v) is 10.8. The Labute approximate surface area is 103 Å². The van der Waals surface area contributed by atoms with Crippen molar-refractivity contribution in [3.8, 4) is 0 Å². The van der Waals surface area contributed by atoms with Crippen LogP contribution in [0.5, 0.6) is 0 Å². The summed E-state index contributed by atoms with van der Waals surface area (Å²) in [7, 11) is 0. The normalized spacial score (nSPS) is 28.0. The molecular formula is C14H21FN2. The Bertz CT molecular complexity index is 380. The zero-order chi connectivity index (χ0) is 12.4. The van der Waals surface area contributed by atoms with Gasteiger partial charge in [-0.2, -0.15) is 0 Å². The van der Waals surface area contributed by atoms with E-state index in [-0.39, 0.29) is 11.9 Å². The second kappa shape index (κ2) is 5.15. The third-order valence-electron chi connectivity index (χ3n) is 3.67. The number of rotatable bonds is 2. The van der Waals surface area contributed by atoms with E-state index in [4.69, 9.17) is 0 Å². The average Bonchev–Trinajstić information content (AvgIpc) is 2.32. The zero-order valence-electron chi connectivity index (χ0n) is 10.8. The molecule has 2 nitrogen and oxygen atoms in total. The van der Waals surface area contributed by atoms with Crippen molar-refractivity contribution in [3.05, 3.63) is 35.6 Å². The Kier molecular flexibility index (Phi) is 3.79. The van der Waals surface area contributed by atoms with Crippen molar-refractivity contribution in [1.29, 1.82) is 0 Å². The highest BCUT2D eigenvalue weighted by Gasteiger charge is 2.28. The maximum Gasteiger partial charge on any atom is 0.127 e. The van der Waals surface area contributed by atoms with Crippen molar-refractivity contribution in [2.45, 2.75) is 38.9 Å². The van der Waals surface area contributed by atoms with E-state index in [1.807, 2.05) is 12.1 Å². The topological polar surface area (TPSA) is 15.3 Å². The molecule has 0 radical (unpaired) electrons. The summed E-state index contributed by atoms with van der Waals surface area (Å²) < 4.78 is 13.8. The number of halogens is 1. The molecule has 1 fully saturated rings. The van der Waals surface area contributed by atoms with Gasteiger partial charge in [-0.3, -0.25) is 4.90 Å². The van der Waals surface area contributed by atoms with Crippen molar-refractivity contribution in [2.75, 3.05) is 13.1 Å². The first kappa shape index (κ1) is 12.5. The van der Waals surface area contributed by atoms with Gasteiger partial charge in [-0.05, 0) is 26.8 Å².